The molecule has 3 aliphatic heterocycles. The minimum Gasteiger partial charge on any atom is -0.369 e. The van der Waals surface area contributed by atoms with Crippen molar-refractivity contribution in [3.05, 3.63) is 30.1 Å². The topological polar surface area (TPSA) is 68.1 Å². The van der Waals surface area contributed by atoms with E-state index in [0.717, 1.165) is 41.6 Å². The summed E-state index contributed by atoms with van der Waals surface area (Å²) >= 11 is 0. The number of hydrogen-bond donors (Lipinski definition) is 1. The smallest absolute Gasteiger partial charge is 0.113 e. The second-order valence-electron chi connectivity index (χ2n) is 10.1. The molecule has 3 saturated heterocycles. The van der Waals surface area contributed by atoms with Gasteiger partial charge in [0.2, 0.25) is 0 Å². The van der Waals surface area contributed by atoms with Crippen molar-refractivity contribution >= 4 is 16.7 Å². The van der Waals surface area contributed by atoms with Crippen molar-refractivity contribution in [1.29, 1.82) is 5.26 Å². The van der Waals surface area contributed by atoms with Crippen molar-refractivity contribution in [3.8, 4) is 6.07 Å². The molecule has 4 fully saturated rings. The maximum Gasteiger partial charge on any atom is 0.113 e. The molecule has 2 aromatic rings. The first-order valence-electron chi connectivity index (χ1n) is 10.9. The molecule has 0 radical (unpaired) electrons. The molecule has 3 atom stereocenters. The summed E-state index contributed by atoms with van der Waals surface area (Å²) in [4.78, 5) is 14.3. The molecule has 1 spiro atoms. The van der Waals surface area contributed by atoms with Gasteiger partial charge in [-0.15, -0.1) is 0 Å². The summed E-state index contributed by atoms with van der Waals surface area (Å²) in [6.07, 6.45) is 6.13. The van der Waals surface area contributed by atoms with Gasteiger partial charge in [0.05, 0.1) is 11.3 Å². The van der Waals surface area contributed by atoms with E-state index >= 15 is 0 Å². The molecule has 6 rings (SSSR count). The van der Waals surface area contributed by atoms with E-state index in [0.29, 0.717) is 16.4 Å². The molecule has 0 amide bonds. The highest BCUT2D eigenvalue weighted by Gasteiger charge is 2.56. The molecule has 6 nitrogen and oxygen atoms in total. The second kappa shape index (κ2) is 6.13. The summed E-state index contributed by atoms with van der Waals surface area (Å²) in [5.74, 6) is 1.54. The van der Waals surface area contributed by atoms with E-state index in [1.807, 2.05) is 6.07 Å². The Balaban J connectivity index is 1.26. The highest BCUT2D eigenvalue weighted by Crippen LogP contribution is 2.57. The summed E-state index contributed by atoms with van der Waals surface area (Å²) in [6, 6.07) is 6.26. The van der Waals surface area contributed by atoms with Gasteiger partial charge in [0.1, 0.15) is 17.1 Å². The molecule has 1 aromatic heterocycles. The fraction of sp³-hybridized carbons (Fsp3) is 0.609. The van der Waals surface area contributed by atoms with Crippen molar-refractivity contribution in [1.82, 2.24) is 20.2 Å². The van der Waals surface area contributed by atoms with Crippen LogP contribution in [-0.2, 0) is 0 Å². The Bertz CT molecular complexity index is 1010. The average Bonchev–Trinajstić information content (AvgIpc) is 3.15. The Labute approximate surface area is 171 Å². The standard InChI is InChI=1S/C23H28N6/c1-22-13-25-9-17(22)10-28(14-22)11-18-12-29(15-23(18)4-5-23)19-3-2-16(8-24)20-21(19)27-7-6-26-20/h2-3,6-7,17-18,25H,4-5,9-15H2,1H3/t17?,18?,22-/m1/s1. The molecular formula is C23H28N6. The van der Waals surface area contributed by atoms with Gasteiger partial charge in [0.15, 0.2) is 0 Å². The Morgan fingerprint density at radius 1 is 1.17 bits per heavy atom. The zero-order valence-electron chi connectivity index (χ0n) is 17.1. The van der Waals surface area contributed by atoms with Gasteiger partial charge in [-0.05, 0) is 54.2 Å². The predicted molar refractivity (Wildman–Crippen MR) is 113 cm³/mol. The zero-order valence-corrected chi connectivity index (χ0v) is 17.1. The Morgan fingerprint density at radius 2 is 2.00 bits per heavy atom. The van der Waals surface area contributed by atoms with Crippen LogP contribution in [0.1, 0.15) is 25.3 Å². The maximum absolute atomic E-state index is 9.43. The van der Waals surface area contributed by atoms with Crippen LogP contribution in [-0.4, -0.2) is 60.7 Å². The van der Waals surface area contributed by atoms with E-state index in [4.69, 9.17) is 0 Å². The number of likely N-dealkylation sites (tertiary alicyclic amines) is 1. The van der Waals surface area contributed by atoms with E-state index < -0.39 is 0 Å². The van der Waals surface area contributed by atoms with Gasteiger partial charge in [0.25, 0.3) is 0 Å². The lowest BCUT2D eigenvalue weighted by molar-refractivity contribution is 0.218. The number of fused-ring (bicyclic) bond motifs is 2. The van der Waals surface area contributed by atoms with Crippen LogP contribution in [0, 0.1) is 34.0 Å². The second-order valence-corrected chi connectivity index (χ2v) is 10.1. The van der Waals surface area contributed by atoms with Crippen molar-refractivity contribution in [2.75, 3.05) is 50.7 Å². The molecule has 29 heavy (non-hydrogen) atoms. The lowest BCUT2D eigenvalue weighted by Crippen LogP contribution is -2.35. The predicted octanol–water partition coefficient (Wildman–Crippen LogP) is 2.26. The van der Waals surface area contributed by atoms with Crippen LogP contribution in [0.3, 0.4) is 0 Å². The van der Waals surface area contributed by atoms with Crippen molar-refractivity contribution in [2.45, 2.75) is 19.8 Å². The molecule has 0 bridgehead atoms. The molecule has 1 N–H and O–H groups in total. The van der Waals surface area contributed by atoms with Crippen LogP contribution in [0.25, 0.3) is 11.0 Å². The molecule has 1 saturated carbocycles. The first-order valence-corrected chi connectivity index (χ1v) is 10.9. The monoisotopic (exact) mass is 388 g/mol. The first kappa shape index (κ1) is 17.6. The third kappa shape index (κ3) is 2.68. The fourth-order valence-electron chi connectivity index (χ4n) is 6.31. The molecule has 6 heteroatoms. The third-order valence-corrected chi connectivity index (χ3v) is 8.22. The summed E-state index contributed by atoms with van der Waals surface area (Å²) in [6.45, 7) is 10.7. The molecule has 150 valence electrons. The minimum absolute atomic E-state index is 0.466. The first-order chi connectivity index (χ1) is 14.1. The quantitative estimate of drug-likeness (QED) is 0.870. The number of nitriles is 1. The van der Waals surface area contributed by atoms with E-state index in [9.17, 15) is 5.26 Å². The maximum atomic E-state index is 9.43. The molecule has 1 aliphatic carbocycles. The molecule has 2 unspecified atom stereocenters. The minimum atomic E-state index is 0.466. The number of nitrogens with one attached hydrogen (secondary N) is 1. The highest BCUT2D eigenvalue weighted by atomic mass is 15.2. The summed E-state index contributed by atoms with van der Waals surface area (Å²) in [7, 11) is 0. The van der Waals surface area contributed by atoms with E-state index in [-0.39, 0.29) is 0 Å². The van der Waals surface area contributed by atoms with Crippen LogP contribution in [0.15, 0.2) is 24.5 Å². The van der Waals surface area contributed by atoms with E-state index in [1.165, 1.54) is 45.6 Å². The van der Waals surface area contributed by atoms with Crippen LogP contribution in [0.5, 0.6) is 0 Å². The van der Waals surface area contributed by atoms with E-state index in [1.54, 1.807) is 12.4 Å². The Morgan fingerprint density at radius 3 is 2.76 bits per heavy atom. The lowest BCUT2D eigenvalue weighted by Gasteiger charge is -2.26. The van der Waals surface area contributed by atoms with Crippen LogP contribution < -0.4 is 10.2 Å². The normalized spacial score (nSPS) is 32.8. The van der Waals surface area contributed by atoms with Gasteiger partial charge in [0, 0.05) is 51.7 Å². The molecular weight excluding hydrogens is 360 g/mol. The highest BCUT2D eigenvalue weighted by molar-refractivity contribution is 5.92. The molecule has 1 aromatic carbocycles. The Hall–Kier alpha value is -2.23. The van der Waals surface area contributed by atoms with Gasteiger partial charge in [-0.1, -0.05) is 6.92 Å². The SMILES string of the molecule is C[C@]12CNCC1CN(CC1CN(c3ccc(C#N)c4nccnc34)CC13CC3)C2. The number of rotatable bonds is 3. The fourth-order valence-corrected chi connectivity index (χ4v) is 6.31. The third-order valence-electron chi connectivity index (χ3n) is 8.22. The lowest BCUT2D eigenvalue weighted by atomic mass is 9.83. The van der Waals surface area contributed by atoms with E-state index in [2.05, 4.69) is 44.1 Å². The number of nitrogens with zero attached hydrogens (tertiary/aromatic N) is 5. The zero-order chi connectivity index (χ0) is 19.6. The van der Waals surface area contributed by atoms with Crippen molar-refractivity contribution < 1.29 is 0 Å². The van der Waals surface area contributed by atoms with Crippen molar-refractivity contribution in [2.24, 2.45) is 22.7 Å². The summed E-state index contributed by atoms with van der Waals surface area (Å²) in [5.41, 5.74) is 4.31. The Kier molecular flexibility index (Phi) is 3.73. The van der Waals surface area contributed by atoms with Gasteiger partial charge in [-0.3, -0.25) is 9.97 Å². The van der Waals surface area contributed by atoms with Crippen LogP contribution in [0.2, 0.25) is 0 Å². The molecule has 4 heterocycles. The molecule has 4 aliphatic rings. The largest absolute Gasteiger partial charge is 0.369 e. The van der Waals surface area contributed by atoms with Gasteiger partial charge < -0.3 is 15.1 Å². The van der Waals surface area contributed by atoms with Gasteiger partial charge >= 0.3 is 0 Å². The number of aromatic nitrogens is 2. The number of anilines is 1. The average molecular weight is 389 g/mol. The van der Waals surface area contributed by atoms with Gasteiger partial charge in [-0.25, -0.2) is 0 Å². The van der Waals surface area contributed by atoms with Crippen molar-refractivity contribution in [3.63, 3.8) is 0 Å². The number of benzene rings is 1. The summed E-state index contributed by atoms with van der Waals surface area (Å²) < 4.78 is 0. The number of hydrogen-bond acceptors (Lipinski definition) is 6. The van der Waals surface area contributed by atoms with Crippen LogP contribution >= 0.6 is 0 Å². The van der Waals surface area contributed by atoms with Gasteiger partial charge in [-0.2, -0.15) is 5.26 Å². The summed E-state index contributed by atoms with van der Waals surface area (Å²) in [5, 5.41) is 13.0. The van der Waals surface area contributed by atoms with Crippen LogP contribution in [0.4, 0.5) is 5.69 Å².